The summed E-state index contributed by atoms with van der Waals surface area (Å²) in [5.41, 5.74) is -0.626. The largest absolute Gasteiger partial charge is 0.497 e. The van der Waals surface area contributed by atoms with Gasteiger partial charge in [-0.15, -0.1) is 0 Å². The molecule has 0 radical (unpaired) electrons. The zero-order chi connectivity index (χ0) is 15.9. The van der Waals surface area contributed by atoms with E-state index in [2.05, 4.69) is 15.0 Å². The highest BCUT2D eigenvalue weighted by atomic mass is 19.4. The molecule has 0 saturated heterocycles. The van der Waals surface area contributed by atoms with Crippen LogP contribution in [0.5, 0.6) is 5.75 Å². The van der Waals surface area contributed by atoms with Crippen molar-refractivity contribution >= 4 is 11.2 Å². The normalized spacial score (nSPS) is 11.9. The van der Waals surface area contributed by atoms with Crippen molar-refractivity contribution in [3.8, 4) is 17.1 Å². The van der Waals surface area contributed by atoms with Crippen LogP contribution in [0.25, 0.3) is 22.6 Å². The Hall–Kier alpha value is -2.64. The number of H-pyrrole nitrogens is 1. The zero-order valence-corrected chi connectivity index (χ0v) is 11.2. The first kappa shape index (κ1) is 14.3. The van der Waals surface area contributed by atoms with Gasteiger partial charge in [-0.2, -0.15) is 13.2 Å². The molecule has 22 heavy (non-hydrogen) atoms. The van der Waals surface area contributed by atoms with E-state index in [-0.39, 0.29) is 22.6 Å². The Morgan fingerprint density at radius 3 is 2.59 bits per heavy atom. The second kappa shape index (κ2) is 4.97. The van der Waals surface area contributed by atoms with Gasteiger partial charge in [-0.05, 0) is 18.2 Å². The van der Waals surface area contributed by atoms with Crippen molar-refractivity contribution in [2.24, 2.45) is 0 Å². The van der Waals surface area contributed by atoms with Crippen molar-refractivity contribution < 1.29 is 22.3 Å². The van der Waals surface area contributed by atoms with E-state index in [4.69, 9.17) is 4.74 Å². The van der Waals surface area contributed by atoms with E-state index >= 15 is 0 Å². The van der Waals surface area contributed by atoms with Crippen molar-refractivity contribution in [3.05, 3.63) is 41.8 Å². The fourth-order valence-corrected chi connectivity index (χ4v) is 1.99. The lowest BCUT2D eigenvalue weighted by atomic mass is 10.2. The van der Waals surface area contributed by atoms with E-state index in [9.17, 15) is 17.6 Å². The predicted octanol–water partition coefficient (Wildman–Crippen LogP) is 3.79. The number of aromatic nitrogens is 3. The summed E-state index contributed by atoms with van der Waals surface area (Å²) in [6.07, 6.45) is -3.81. The second-order valence-corrected chi connectivity index (χ2v) is 4.52. The quantitative estimate of drug-likeness (QED) is 0.733. The molecular formula is C14H9F4N3O. The number of aromatic amines is 1. The minimum absolute atomic E-state index is 0.0139. The molecule has 0 aliphatic carbocycles. The molecule has 0 atom stereocenters. The Balaban J connectivity index is 2.09. The first-order valence-electron chi connectivity index (χ1n) is 6.15. The first-order chi connectivity index (χ1) is 10.4. The van der Waals surface area contributed by atoms with Crippen LogP contribution in [-0.4, -0.2) is 22.1 Å². The van der Waals surface area contributed by atoms with Crippen LogP contribution in [0, 0.1) is 5.82 Å². The van der Waals surface area contributed by atoms with Crippen LogP contribution in [0.3, 0.4) is 0 Å². The number of halogens is 4. The molecule has 0 spiro atoms. The summed E-state index contributed by atoms with van der Waals surface area (Å²) in [5, 5.41) is 0. The average molecular weight is 311 g/mol. The molecule has 0 aliphatic rings. The summed E-state index contributed by atoms with van der Waals surface area (Å²) >= 11 is 0. The van der Waals surface area contributed by atoms with Crippen molar-refractivity contribution in [3.63, 3.8) is 0 Å². The lowest BCUT2D eigenvalue weighted by molar-refractivity contribution is -0.137. The Morgan fingerprint density at radius 1 is 1.18 bits per heavy atom. The van der Waals surface area contributed by atoms with Gasteiger partial charge in [-0.25, -0.2) is 14.4 Å². The maximum atomic E-state index is 14.0. The van der Waals surface area contributed by atoms with E-state index in [0.29, 0.717) is 11.9 Å². The number of imidazole rings is 1. The first-order valence-corrected chi connectivity index (χ1v) is 6.15. The number of nitrogens with zero attached hydrogens (tertiary/aromatic N) is 2. The minimum Gasteiger partial charge on any atom is -0.497 e. The Labute approximate surface area is 121 Å². The van der Waals surface area contributed by atoms with Crippen LogP contribution in [0.15, 0.2) is 30.5 Å². The van der Waals surface area contributed by atoms with Crippen molar-refractivity contribution in [1.82, 2.24) is 15.0 Å². The summed E-state index contributed by atoms with van der Waals surface area (Å²) in [5.74, 6) is -0.175. The lowest BCUT2D eigenvalue weighted by Crippen LogP contribution is -2.05. The maximum Gasteiger partial charge on any atom is 0.417 e. The SMILES string of the molecule is COc1ccc(-c2nc3cc(C(F)(F)F)cnc3[nH]2)c(F)c1. The molecule has 3 rings (SSSR count). The number of methoxy groups -OCH3 is 1. The molecule has 2 heterocycles. The standard InChI is InChI=1S/C14H9F4N3O/c1-22-8-2-3-9(10(15)5-8)12-20-11-4-7(14(16,17)18)6-19-13(11)21-12/h2-6H,1H3,(H,19,20,21). The topological polar surface area (TPSA) is 50.8 Å². The van der Waals surface area contributed by atoms with Gasteiger partial charge in [-0.3, -0.25) is 0 Å². The summed E-state index contributed by atoms with van der Waals surface area (Å²) in [7, 11) is 1.40. The molecule has 0 aliphatic heterocycles. The van der Waals surface area contributed by atoms with Gasteiger partial charge in [0, 0.05) is 12.3 Å². The molecule has 1 N–H and O–H groups in total. The molecule has 4 nitrogen and oxygen atoms in total. The predicted molar refractivity (Wildman–Crippen MR) is 70.8 cm³/mol. The number of benzene rings is 1. The number of hydrogen-bond donors (Lipinski definition) is 1. The van der Waals surface area contributed by atoms with Crippen LogP contribution in [0.2, 0.25) is 0 Å². The molecule has 114 valence electrons. The fraction of sp³-hybridized carbons (Fsp3) is 0.143. The third kappa shape index (κ3) is 2.47. The van der Waals surface area contributed by atoms with Gasteiger partial charge in [0.1, 0.15) is 22.9 Å². The number of rotatable bonds is 2. The Kier molecular flexibility index (Phi) is 3.23. The highest BCUT2D eigenvalue weighted by Crippen LogP contribution is 2.31. The van der Waals surface area contributed by atoms with Crippen LogP contribution >= 0.6 is 0 Å². The van der Waals surface area contributed by atoms with Gasteiger partial charge in [-0.1, -0.05) is 0 Å². The van der Waals surface area contributed by atoms with Gasteiger partial charge in [0.2, 0.25) is 0 Å². The van der Waals surface area contributed by atoms with E-state index < -0.39 is 17.6 Å². The Bertz CT molecular complexity index is 842. The molecule has 0 bridgehead atoms. The number of nitrogens with one attached hydrogen (secondary N) is 1. The smallest absolute Gasteiger partial charge is 0.417 e. The lowest BCUT2D eigenvalue weighted by Gasteiger charge is -2.04. The highest BCUT2D eigenvalue weighted by Gasteiger charge is 2.31. The molecular weight excluding hydrogens is 302 g/mol. The van der Waals surface area contributed by atoms with Crippen LogP contribution in [-0.2, 0) is 6.18 Å². The van der Waals surface area contributed by atoms with E-state index in [1.807, 2.05) is 0 Å². The van der Waals surface area contributed by atoms with Crippen LogP contribution in [0.1, 0.15) is 5.56 Å². The highest BCUT2D eigenvalue weighted by molar-refractivity contribution is 5.76. The third-order valence-corrected chi connectivity index (χ3v) is 3.10. The van der Waals surface area contributed by atoms with Gasteiger partial charge < -0.3 is 9.72 Å². The molecule has 0 fully saturated rings. The average Bonchev–Trinajstić information content (AvgIpc) is 2.88. The van der Waals surface area contributed by atoms with Gasteiger partial charge in [0.25, 0.3) is 0 Å². The van der Waals surface area contributed by atoms with E-state index in [1.165, 1.54) is 19.2 Å². The molecule has 2 aromatic heterocycles. The number of ether oxygens (including phenoxy) is 1. The molecule has 0 saturated carbocycles. The third-order valence-electron chi connectivity index (χ3n) is 3.10. The molecule has 0 amide bonds. The van der Waals surface area contributed by atoms with Crippen molar-refractivity contribution in [2.75, 3.05) is 7.11 Å². The zero-order valence-electron chi connectivity index (χ0n) is 11.2. The molecule has 3 aromatic rings. The van der Waals surface area contributed by atoms with Crippen LogP contribution < -0.4 is 4.74 Å². The number of alkyl halides is 3. The summed E-state index contributed by atoms with van der Waals surface area (Å²) in [6.45, 7) is 0. The van der Waals surface area contributed by atoms with Gasteiger partial charge in [0.15, 0.2) is 5.65 Å². The van der Waals surface area contributed by atoms with E-state index in [0.717, 1.165) is 12.1 Å². The Morgan fingerprint density at radius 2 is 1.95 bits per heavy atom. The van der Waals surface area contributed by atoms with Crippen molar-refractivity contribution in [2.45, 2.75) is 6.18 Å². The minimum atomic E-state index is -4.51. The molecule has 0 unspecified atom stereocenters. The second-order valence-electron chi connectivity index (χ2n) is 4.52. The van der Waals surface area contributed by atoms with Gasteiger partial charge >= 0.3 is 6.18 Å². The monoisotopic (exact) mass is 311 g/mol. The van der Waals surface area contributed by atoms with Crippen molar-refractivity contribution in [1.29, 1.82) is 0 Å². The summed E-state index contributed by atoms with van der Waals surface area (Å²) in [6, 6.07) is 4.98. The maximum absolute atomic E-state index is 14.0. The number of pyridine rings is 1. The summed E-state index contributed by atoms with van der Waals surface area (Å²) in [4.78, 5) is 10.3. The van der Waals surface area contributed by atoms with E-state index in [1.54, 1.807) is 0 Å². The number of hydrogen-bond acceptors (Lipinski definition) is 3. The fourth-order valence-electron chi connectivity index (χ4n) is 1.99. The summed E-state index contributed by atoms with van der Waals surface area (Å²) < 4.78 is 56.8. The number of fused-ring (bicyclic) bond motifs is 1. The molecule has 1 aromatic carbocycles. The van der Waals surface area contributed by atoms with Crippen LogP contribution in [0.4, 0.5) is 17.6 Å². The molecule has 8 heteroatoms. The van der Waals surface area contributed by atoms with Gasteiger partial charge in [0.05, 0.1) is 18.2 Å².